The summed E-state index contributed by atoms with van der Waals surface area (Å²) in [5.74, 6) is -3.91. The third kappa shape index (κ3) is 1.99. The van der Waals surface area contributed by atoms with Gasteiger partial charge in [0.1, 0.15) is 5.41 Å². The summed E-state index contributed by atoms with van der Waals surface area (Å²) in [6.45, 7) is 1.93. The largest absolute Gasteiger partial charge is 0.480 e. The molecule has 0 unspecified atom stereocenters. The van der Waals surface area contributed by atoms with E-state index in [0.717, 1.165) is 16.7 Å². The Morgan fingerprint density at radius 3 is 1.94 bits per heavy atom. The quantitative estimate of drug-likeness (QED) is 0.656. The van der Waals surface area contributed by atoms with Crippen LogP contribution in [0.1, 0.15) is 33.7 Å². The van der Waals surface area contributed by atoms with Crippen molar-refractivity contribution in [1.29, 1.82) is 0 Å². The molecule has 2 bridgehead atoms. The van der Waals surface area contributed by atoms with Gasteiger partial charge in [0.2, 0.25) is 11.8 Å². The zero-order valence-corrected chi connectivity index (χ0v) is 16.8. The number of benzene rings is 3. The summed E-state index contributed by atoms with van der Waals surface area (Å²) in [4.78, 5) is 41.8. The molecule has 0 saturated carbocycles. The average molecular weight is 409 g/mol. The van der Waals surface area contributed by atoms with E-state index in [4.69, 9.17) is 0 Å². The van der Waals surface area contributed by atoms with Crippen molar-refractivity contribution in [3.8, 4) is 0 Å². The Kier molecular flexibility index (Phi) is 3.45. The predicted octanol–water partition coefficient (Wildman–Crippen LogP) is 3.63. The van der Waals surface area contributed by atoms with Crippen LogP contribution in [0.3, 0.4) is 0 Å². The van der Waals surface area contributed by atoms with E-state index in [0.29, 0.717) is 16.8 Å². The molecule has 2 amide bonds. The third-order valence-corrected chi connectivity index (χ3v) is 7.25. The summed E-state index contributed by atoms with van der Waals surface area (Å²) in [7, 11) is 0. The Bertz CT molecular complexity index is 1250. The van der Waals surface area contributed by atoms with E-state index in [2.05, 4.69) is 0 Å². The fraction of sp³-hybridized carbons (Fsp3) is 0.192. The fourth-order valence-corrected chi connectivity index (χ4v) is 6.08. The van der Waals surface area contributed by atoms with Crippen molar-refractivity contribution in [1.82, 2.24) is 0 Å². The first-order valence-corrected chi connectivity index (χ1v) is 10.3. The number of imide groups is 1. The monoisotopic (exact) mass is 409 g/mol. The molecule has 0 aromatic heterocycles. The second-order valence-electron chi connectivity index (χ2n) is 8.62. The topological polar surface area (TPSA) is 74.7 Å². The summed E-state index contributed by atoms with van der Waals surface area (Å²) in [5, 5.41) is 10.7. The molecule has 3 aliphatic carbocycles. The van der Waals surface area contributed by atoms with Gasteiger partial charge in [-0.2, -0.15) is 0 Å². The minimum absolute atomic E-state index is 0.321. The number of nitrogens with zero attached hydrogens (tertiary/aromatic N) is 1. The lowest BCUT2D eigenvalue weighted by atomic mass is 9.47. The number of anilines is 1. The van der Waals surface area contributed by atoms with E-state index >= 15 is 0 Å². The Balaban J connectivity index is 1.67. The van der Waals surface area contributed by atoms with Gasteiger partial charge >= 0.3 is 5.97 Å². The van der Waals surface area contributed by atoms with Crippen molar-refractivity contribution in [2.24, 2.45) is 11.8 Å². The first-order valence-electron chi connectivity index (χ1n) is 10.3. The maximum absolute atomic E-state index is 13.8. The lowest BCUT2D eigenvalue weighted by Gasteiger charge is -2.51. The van der Waals surface area contributed by atoms with Crippen molar-refractivity contribution in [3.05, 3.63) is 101 Å². The second-order valence-corrected chi connectivity index (χ2v) is 8.62. The molecule has 5 nitrogen and oxygen atoms in total. The number of hydrogen-bond acceptors (Lipinski definition) is 3. The first kappa shape index (κ1) is 18.1. The minimum Gasteiger partial charge on any atom is -0.480 e. The lowest BCUT2D eigenvalue weighted by Crippen LogP contribution is -2.57. The maximum atomic E-state index is 13.8. The summed E-state index contributed by atoms with van der Waals surface area (Å²) in [6, 6.07) is 21.9. The molecule has 0 spiro atoms. The minimum atomic E-state index is -1.58. The molecule has 5 heteroatoms. The van der Waals surface area contributed by atoms with Crippen LogP contribution in [0, 0.1) is 18.8 Å². The molecule has 0 radical (unpaired) electrons. The van der Waals surface area contributed by atoms with Crippen LogP contribution in [0.25, 0.3) is 0 Å². The molecule has 3 aromatic rings. The number of carboxylic acid groups (broad SMARTS) is 1. The van der Waals surface area contributed by atoms with Crippen molar-refractivity contribution in [3.63, 3.8) is 0 Å². The molecule has 1 aliphatic heterocycles. The summed E-state index contributed by atoms with van der Waals surface area (Å²) < 4.78 is 0. The molecule has 1 heterocycles. The molecule has 1 saturated heterocycles. The highest BCUT2D eigenvalue weighted by atomic mass is 16.4. The number of aryl methyl sites for hydroxylation is 1. The van der Waals surface area contributed by atoms with E-state index in [1.54, 1.807) is 36.4 Å². The van der Waals surface area contributed by atoms with Crippen LogP contribution in [0.4, 0.5) is 5.69 Å². The van der Waals surface area contributed by atoms with Crippen molar-refractivity contribution < 1.29 is 19.5 Å². The number of carboxylic acids is 1. The molecule has 7 rings (SSSR count). The van der Waals surface area contributed by atoms with Crippen LogP contribution >= 0.6 is 0 Å². The molecule has 3 aromatic carbocycles. The Labute approximate surface area is 178 Å². The number of hydrogen-bond donors (Lipinski definition) is 1. The number of aliphatic carboxylic acids is 1. The van der Waals surface area contributed by atoms with Gasteiger partial charge in [-0.3, -0.25) is 14.4 Å². The van der Waals surface area contributed by atoms with Gasteiger partial charge in [0.05, 0.1) is 17.5 Å². The number of carbonyl (C=O) groups excluding carboxylic acids is 2. The second kappa shape index (κ2) is 5.91. The fourth-order valence-electron chi connectivity index (χ4n) is 6.08. The van der Waals surface area contributed by atoms with Crippen molar-refractivity contribution >= 4 is 23.5 Å². The maximum Gasteiger partial charge on any atom is 0.319 e. The molecule has 152 valence electrons. The van der Waals surface area contributed by atoms with Gasteiger partial charge in [-0.05, 0) is 41.3 Å². The molecule has 31 heavy (non-hydrogen) atoms. The van der Waals surface area contributed by atoms with Crippen LogP contribution in [0.5, 0.6) is 0 Å². The summed E-state index contributed by atoms with van der Waals surface area (Å²) >= 11 is 0. The van der Waals surface area contributed by atoms with Gasteiger partial charge in [-0.1, -0.05) is 66.2 Å². The average Bonchev–Trinajstić information content (AvgIpc) is 3.05. The Morgan fingerprint density at radius 2 is 1.39 bits per heavy atom. The van der Waals surface area contributed by atoms with Crippen molar-refractivity contribution in [2.75, 3.05) is 4.90 Å². The third-order valence-electron chi connectivity index (χ3n) is 7.25. The first-order chi connectivity index (χ1) is 15.0. The van der Waals surface area contributed by atoms with Crippen LogP contribution in [-0.4, -0.2) is 22.9 Å². The van der Waals surface area contributed by atoms with Crippen LogP contribution in [0.2, 0.25) is 0 Å². The highest BCUT2D eigenvalue weighted by Gasteiger charge is 2.71. The van der Waals surface area contributed by atoms with Gasteiger partial charge in [0.15, 0.2) is 0 Å². The Hall–Kier alpha value is -3.73. The van der Waals surface area contributed by atoms with Gasteiger partial charge in [0.25, 0.3) is 0 Å². The Morgan fingerprint density at radius 1 is 0.839 bits per heavy atom. The van der Waals surface area contributed by atoms with E-state index < -0.39 is 29.1 Å². The summed E-state index contributed by atoms with van der Waals surface area (Å²) in [5.41, 5.74) is 2.83. The van der Waals surface area contributed by atoms with Gasteiger partial charge in [-0.25, -0.2) is 4.90 Å². The number of rotatable bonds is 2. The molecule has 2 atom stereocenters. The highest BCUT2D eigenvalue weighted by molar-refractivity contribution is 6.25. The van der Waals surface area contributed by atoms with Crippen LogP contribution in [0.15, 0.2) is 72.8 Å². The van der Waals surface area contributed by atoms with Gasteiger partial charge in [0, 0.05) is 5.92 Å². The van der Waals surface area contributed by atoms with Crippen LogP contribution < -0.4 is 4.90 Å². The smallest absolute Gasteiger partial charge is 0.319 e. The molecule has 1 fully saturated rings. The number of amides is 2. The normalized spacial score (nSPS) is 27.6. The standard InChI is InChI=1S/C26H19NO4/c1-14-10-12-15(13-11-14)27-23(28)21-20-16-6-2-4-8-18(16)26(25(30)31,22(21)24(27)29)19-9-5-3-7-17(19)20/h2-13,20-22H,1H3,(H,30,31)/t20?,21-,22+,26?/m0/s1. The summed E-state index contributed by atoms with van der Waals surface area (Å²) in [6.07, 6.45) is 0. The predicted molar refractivity (Wildman–Crippen MR) is 114 cm³/mol. The molecular formula is C26H19NO4. The molecular weight excluding hydrogens is 390 g/mol. The lowest BCUT2D eigenvalue weighted by molar-refractivity contribution is -0.149. The van der Waals surface area contributed by atoms with E-state index in [-0.39, 0.29) is 11.8 Å². The van der Waals surface area contributed by atoms with Crippen molar-refractivity contribution in [2.45, 2.75) is 18.3 Å². The SMILES string of the molecule is Cc1ccc(N2C(=O)[C@H]3C4c5ccccc5C(C(=O)O)(c5ccccc54)[C@H]3C2=O)cc1. The van der Waals surface area contributed by atoms with E-state index in [1.165, 1.54) is 4.90 Å². The highest BCUT2D eigenvalue weighted by Crippen LogP contribution is 2.64. The van der Waals surface area contributed by atoms with E-state index in [1.807, 2.05) is 43.3 Å². The molecule has 1 N–H and O–H groups in total. The molecule has 4 aliphatic rings. The van der Waals surface area contributed by atoms with Gasteiger partial charge in [-0.15, -0.1) is 0 Å². The number of carbonyl (C=O) groups is 3. The van der Waals surface area contributed by atoms with Crippen LogP contribution in [-0.2, 0) is 19.8 Å². The van der Waals surface area contributed by atoms with E-state index in [9.17, 15) is 19.5 Å². The zero-order chi connectivity index (χ0) is 21.5. The van der Waals surface area contributed by atoms with Gasteiger partial charge < -0.3 is 5.11 Å². The zero-order valence-electron chi connectivity index (χ0n) is 16.8.